The second kappa shape index (κ2) is 9.84. The molecule has 0 aliphatic carbocycles. The van der Waals surface area contributed by atoms with E-state index in [4.69, 9.17) is 4.74 Å². The minimum absolute atomic E-state index is 0.189. The lowest BCUT2D eigenvalue weighted by atomic mass is 9.95. The predicted octanol–water partition coefficient (Wildman–Crippen LogP) is 2.68. The largest absolute Gasteiger partial charge is 0.378 e. The quantitative estimate of drug-likeness (QED) is 0.161. The van der Waals surface area contributed by atoms with Crippen LogP contribution in [-0.4, -0.2) is 55.3 Å². The van der Waals surface area contributed by atoms with Crippen LogP contribution in [0.4, 0.5) is 4.79 Å². The molecule has 4 rings (SSSR count). The summed E-state index contributed by atoms with van der Waals surface area (Å²) in [4.78, 5) is 38.5. The van der Waals surface area contributed by atoms with Gasteiger partial charge >= 0.3 is 6.03 Å². The lowest BCUT2D eigenvalue weighted by Gasteiger charge is -2.12. The van der Waals surface area contributed by atoms with Gasteiger partial charge in [-0.15, -0.1) is 4.91 Å². The number of nitrogens with zero attached hydrogens (tertiary/aromatic N) is 3. The van der Waals surface area contributed by atoms with Crippen molar-refractivity contribution in [1.82, 2.24) is 20.6 Å². The van der Waals surface area contributed by atoms with Gasteiger partial charge in [0.15, 0.2) is 12.4 Å². The van der Waals surface area contributed by atoms with Crippen LogP contribution in [0.1, 0.15) is 15.9 Å². The van der Waals surface area contributed by atoms with Gasteiger partial charge in [-0.1, -0.05) is 18.2 Å². The van der Waals surface area contributed by atoms with Crippen LogP contribution in [0, 0.1) is 11.8 Å². The van der Waals surface area contributed by atoms with Crippen molar-refractivity contribution >= 4 is 44.5 Å². The lowest BCUT2D eigenvalue weighted by molar-refractivity contribution is -0.670. The Morgan fingerprint density at radius 1 is 1.09 bits per heavy atom. The Morgan fingerprint density at radius 2 is 1.82 bits per heavy atom. The number of urea groups is 1. The molecule has 2 aromatic carbocycles. The number of carbonyl (C=O) groups is 2. The number of pyridine rings is 1. The number of fused-ring (bicyclic) bond motifs is 4. The highest BCUT2D eigenvalue weighted by Crippen LogP contribution is 2.36. The van der Waals surface area contributed by atoms with Crippen molar-refractivity contribution in [2.45, 2.75) is 6.92 Å². The molecule has 0 spiro atoms. The first-order valence-corrected chi connectivity index (χ1v) is 10.9. The highest BCUT2D eigenvalue weighted by atomic mass is 16.5. The number of H-pyrrole nitrogens is 1. The maximum atomic E-state index is 13.3. The number of aromatic nitrogens is 2. The van der Waals surface area contributed by atoms with E-state index in [-0.39, 0.29) is 25.7 Å². The van der Waals surface area contributed by atoms with Crippen molar-refractivity contribution in [3.63, 3.8) is 0 Å². The molecule has 0 unspecified atom stereocenters. The smallest absolute Gasteiger partial charge is 0.340 e. The Balaban J connectivity index is 1.52. The topological polar surface area (TPSA) is 120 Å². The molecule has 0 aliphatic heterocycles. The zero-order valence-corrected chi connectivity index (χ0v) is 19.3. The van der Waals surface area contributed by atoms with Gasteiger partial charge in [-0.05, 0) is 18.6 Å². The van der Waals surface area contributed by atoms with E-state index in [0.29, 0.717) is 17.1 Å². The fourth-order valence-corrected chi connectivity index (χ4v) is 4.15. The number of benzene rings is 2. The second-order valence-corrected chi connectivity index (χ2v) is 8.06. The number of carbonyl (C=O) groups excluding carboxylic acids is 2. The number of rotatable bonds is 8. The number of aryl methyl sites for hydroxylation is 2. The molecule has 2 heterocycles. The van der Waals surface area contributed by atoms with E-state index in [1.807, 2.05) is 48.3 Å². The molecule has 0 radical (unpaired) electrons. The van der Waals surface area contributed by atoms with Gasteiger partial charge < -0.3 is 20.4 Å². The van der Waals surface area contributed by atoms with Crippen molar-refractivity contribution in [3.05, 3.63) is 58.8 Å². The van der Waals surface area contributed by atoms with E-state index in [9.17, 15) is 14.5 Å². The van der Waals surface area contributed by atoms with Gasteiger partial charge in [0.05, 0.1) is 35.0 Å². The van der Waals surface area contributed by atoms with Gasteiger partial charge in [-0.25, -0.2) is 9.36 Å². The Hall–Kier alpha value is -4.05. The highest BCUT2D eigenvalue weighted by molar-refractivity contribution is 6.24. The average molecular weight is 464 g/mol. The van der Waals surface area contributed by atoms with Crippen LogP contribution in [0.2, 0.25) is 0 Å². The van der Waals surface area contributed by atoms with Gasteiger partial charge in [0.2, 0.25) is 0 Å². The maximum absolute atomic E-state index is 13.3. The number of nitrogens with one attached hydrogen (secondary N) is 3. The summed E-state index contributed by atoms with van der Waals surface area (Å²) in [7, 11) is 3.23. The molecule has 4 aromatic rings. The summed E-state index contributed by atoms with van der Waals surface area (Å²) in [6, 6.07) is 9.40. The summed E-state index contributed by atoms with van der Waals surface area (Å²) < 4.78 is 7.45. The average Bonchev–Trinajstić information content (AvgIpc) is 3.22. The lowest BCUT2D eigenvalue weighted by Crippen LogP contribution is -2.36. The van der Waals surface area contributed by atoms with Gasteiger partial charge in [-0.3, -0.25) is 4.79 Å². The molecule has 2 aromatic heterocycles. The standard InChI is InChI=1S/C24H26N6O4/c1-15-18-14-29(2)11-8-16(18)21(22-20(15)17-6-4-5-7-19(17)27-22)23(31)25-9-12-34-13-10-26-24(32)30(3)28-33/h4-8,11,14H,9-10,12-13H2,1-3H3,(H2,25,26,31,32)/p+1. The minimum Gasteiger partial charge on any atom is -0.378 e. The number of ether oxygens (including phenoxy) is 1. The highest BCUT2D eigenvalue weighted by Gasteiger charge is 2.22. The number of para-hydroxylation sites is 1. The minimum atomic E-state index is -0.603. The van der Waals surface area contributed by atoms with E-state index in [1.165, 1.54) is 7.05 Å². The predicted molar refractivity (Wildman–Crippen MR) is 129 cm³/mol. The zero-order chi connectivity index (χ0) is 24.2. The van der Waals surface area contributed by atoms with Crippen LogP contribution in [0.3, 0.4) is 0 Å². The van der Waals surface area contributed by atoms with E-state index in [2.05, 4.69) is 33.9 Å². The Morgan fingerprint density at radius 3 is 2.59 bits per heavy atom. The Labute approximate surface area is 195 Å². The summed E-state index contributed by atoms with van der Waals surface area (Å²) in [6.07, 6.45) is 3.97. The van der Waals surface area contributed by atoms with Crippen molar-refractivity contribution < 1.29 is 18.9 Å². The molecule has 10 nitrogen and oxygen atoms in total. The number of aromatic amines is 1. The maximum Gasteiger partial charge on any atom is 0.340 e. The second-order valence-electron chi connectivity index (χ2n) is 8.06. The summed E-state index contributed by atoms with van der Waals surface area (Å²) in [6.45, 7) is 3.13. The van der Waals surface area contributed by atoms with E-state index < -0.39 is 6.03 Å². The molecular formula is C24H27N6O4+. The molecule has 34 heavy (non-hydrogen) atoms. The molecule has 0 atom stereocenters. The third kappa shape index (κ3) is 4.40. The Kier molecular flexibility index (Phi) is 6.69. The SMILES string of the molecule is Cc1c2c[n+](C)ccc2c(C(=O)NCCOCCNC(=O)N(C)N=O)c2[nH]c3ccccc3c12. The fraction of sp³-hybridized carbons (Fsp3) is 0.292. The molecule has 176 valence electrons. The van der Waals surface area contributed by atoms with Gasteiger partial charge in [0, 0.05) is 47.9 Å². The van der Waals surface area contributed by atoms with Crippen LogP contribution in [0.25, 0.3) is 32.6 Å². The Bertz CT molecular complexity index is 1400. The summed E-state index contributed by atoms with van der Waals surface area (Å²) >= 11 is 0. The first-order chi connectivity index (χ1) is 16.4. The fourth-order valence-electron chi connectivity index (χ4n) is 4.15. The van der Waals surface area contributed by atoms with Crippen molar-refractivity contribution in [1.29, 1.82) is 0 Å². The van der Waals surface area contributed by atoms with Crippen molar-refractivity contribution in [2.75, 3.05) is 33.4 Å². The van der Waals surface area contributed by atoms with Crippen molar-refractivity contribution in [3.8, 4) is 0 Å². The zero-order valence-electron chi connectivity index (χ0n) is 19.3. The first kappa shape index (κ1) is 23.1. The van der Waals surface area contributed by atoms with Crippen LogP contribution in [0.5, 0.6) is 0 Å². The van der Waals surface area contributed by atoms with Crippen LogP contribution < -0.4 is 15.2 Å². The van der Waals surface area contributed by atoms with Crippen molar-refractivity contribution in [2.24, 2.45) is 12.3 Å². The molecule has 0 saturated carbocycles. The third-order valence-corrected chi connectivity index (χ3v) is 5.80. The summed E-state index contributed by atoms with van der Waals surface area (Å²) in [5.41, 5.74) is 3.52. The first-order valence-electron chi connectivity index (χ1n) is 10.9. The molecule has 3 amide bonds. The van der Waals surface area contributed by atoms with Crippen LogP contribution >= 0.6 is 0 Å². The molecular weight excluding hydrogens is 436 g/mol. The molecule has 0 aliphatic rings. The number of hydrogen-bond acceptors (Lipinski definition) is 5. The van der Waals surface area contributed by atoms with Gasteiger partial charge in [-0.2, -0.15) is 5.01 Å². The van der Waals surface area contributed by atoms with E-state index in [0.717, 1.165) is 38.1 Å². The number of nitroso groups, excluding NO2 is 1. The van der Waals surface area contributed by atoms with E-state index >= 15 is 0 Å². The van der Waals surface area contributed by atoms with Gasteiger partial charge in [0.1, 0.15) is 7.05 Å². The molecule has 0 bridgehead atoms. The molecule has 3 N–H and O–H groups in total. The third-order valence-electron chi connectivity index (χ3n) is 5.80. The molecule has 10 heteroatoms. The number of hydrogen-bond donors (Lipinski definition) is 3. The monoisotopic (exact) mass is 463 g/mol. The molecule has 0 fully saturated rings. The van der Waals surface area contributed by atoms with E-state index in [1.54, 1.807) is 0 Å². The summed E-state index contributed by atoms with van der Waals surface area (Å²) in [5, 5.41) is 12.6. The molecule has 0 saturated heterocycles. The van der Waals surface area contributed by atoms with Crippen LogP contribution in [-0.2, 0) is 11.8 Å². The van der Waals surface area contributed by atoms with Crippen LogP contribution in [0.15, 0.2) is 48.0 Å². The summed E-state index contributed by atoms with van der Waals surface area (Å²) in [5.74, 6) is -0.189. The van der Waals surface area contributed by atoms with Gasteiger partial charge in [0.25, 0.3) is 5.91 Å². The number of amides is 3. The normalized spacial score (nSPS) is 11.1.